The fraction of sp³-hybridized carbons (Fsp3) is 0.778. The van der Waals surface area contributed by atoms with Gasteiger partial charge in [0.2, 0.25) is 0 Å². The third-order valence-corrected chi connectivity index (χ3v) is 4.72. The molecule has 0 aliphatic rings. The van der Waals surface area contributed by atoms with Crippen LogP contribution < -0.4 is 0 Å². The molecule has 14 heavy (non-hydrogen) atoms. The third kappa shape index (κ3) is 3.74. The quantitative estimate of drug-likeness (QED) is 0.655. The second-order valence-electron chi connectivity index (χ2n) is 2.76. The van der Waals surface area contributed by atoms with E-state index >= 15 is 0 Å². The van der Waals surface area contributed by atoms with Crippen molar-refractivity contribution in [3.05, 3.63) is 10.3 Å². The summed E-state index contributed by atoms with van der Waals surface area (Å²) in [5.74, 6) is 0. The van der Waals surface area contributed by atoms with Crippen LogP contribution >= 0.6 is 19.2 Å². The lowest BCUT2D eigenvalue weighted by atomic mass is 10.3. The monoisotopic (exact) mass is 240 g/mol. The zero-order valence-corrected chi connectivity index (χ0v) is 10.8. The van der Waals surface area contributed by atoms with Gasteiger partial charge in [0, 0.05) is 0 Å². The molecule has 0 radical (unpaired) electrons. The predicted octanol–water partition coefficient (Wildman–Crippen LogP) is 4.13. The van der Waals surface area contributed by atoms with Gasteiger partial charge in [-0.25, -0.2) is 0 Å². The van der Waals surface area contributed by atoms with Gasteiger partial charge in [-0.15, -0.1) is 0 Å². The Morgan fingerprint density at radius 2 is 1.64 bits per heavy atom. The third-order valence-electron chi connectivity index (χ3n) is 1.72. The Morgan fingerprint density at radius 3 is 1.93 bits per heavy atom. The predicted molar refractivity (Wildman–Crippen MR) is 59.7 cm³/mol. The molecule has 0 saturated heterocycles. The van der Waals surface area contributed by atoms with Crippen molar-refractivity contribution in [3.63, 3.8) is 0 Å². The van der Waals surface area contributed by atoms with E-state index in [1.807, 2.05) is 13.8 Å². The average molecular weight is 241 g/mol. The molecule has 0 heterocycles. The van der Waals surface area contributed by atoms with Crippen LogP contribution in [0.2, 0.25) is 0 Å². The summed E-state index contributed by atoms with van der Waals surface area (Å²) < 4.78 is 22.5. The minimum Gasteiger partial charge on any atom is -0.305 e. The Kier molecular flexibility index (Phi) is 6.71. The van der Waals surface area contributed by atoms with Gasteiger partial charge in [-0.3, -0.25) is 4.57 Å². The van der Waals surface area contributed by atoms with Gasteiger partial charge in [0.15, 0.2) is 0 Å². The standard InChI is InChI=1S/C9H18ClO3P/c1-5-8(4)9(10)14(11,12-6-2)13-7-3/h5-7H2,1-4H3/b9-8+. The normalized spacial score (nSPS) is 14.1. The summed E-state index contributed by atoms with van der Waals surface area (Å²) in [4.78, 5) is 0. The van der Waals surface area contributed by atoms with Crippen LogP contribution in [0, 0.1) is 0 Å². The molecule has 0 aliphatic heterocycles. The lowest BCUT2D eigenvalue weighted by Gasteiger charge is -2.17. The lowest BCUT2D eigenvalue weighted by Crippen LogP contribution is -1.97. The highest BCUT2D eigenvalue weighted by molar-refractivity contribution is 7.61. The van der Waals surface area contributed by atoms with Crippen LogP contribution in [0.15, 0.2) is 10.3 Å². The van der Waals surface area contributed by atoms with Crippen LogP contribution in [-0.4, -0.2) is 13.2 Å². The Hall–Kier alpha value is 0.180. The van der Waals surface area contributed by atoms with E-state index in [0.717, 1.165) is 12.0 Å². The minimum atomic E-state index is -3.24. The number of hydrogen-bond acceptors (Lipinski definition) is 3. The molecule has 0 aliphatic carbocycles. The zero-order chi connectivity index (χ0) is 11.2. The average Bonchev–Trinajstić information content (AvgIpc) is 2.16. The molecule has 0 aromatic carbocycles. The van der Waals surface area contributed by atoms with Gasteiger partial charge in [0.05, 0.1) is 13.2 Å². The first kappa shape index (κ1) is 14.2. The minimum absolute atomic E-state index is 0.226. The van der Waals surface area contributed by atoms with Crippen LogP contribution in [0.4, 0.5) is 0 Å². The maximum atomic E-state index is 12.1. The van der Waals surface area contributed by atoms with Crippen LogP contribution in [0.5, 0.6) is 0 Å². The molecule has 0 unspecified atom stereocenters. The number of rotatable bonds is 6. The van der Waals surface area contributed by atoms with Gasteiger partial charge in [0.25, 0.3) is 0 Å². The van der Waals surface area contributed by atoms with Crippen LogP contribution in [0.25, 0.3) is 0 Å². The smallest absolute Gasteiger partial charge is 0.305 e. The molecular formula is C9H18ClO3P. The topological polar surface area (TPSA) is 35.5 Å². The Morgan fingerprint density at radius 1 is 1.21 bits per heavy atom. The van der Waals surface area contributed by atoms with Gasteiger partial charge < -0.3 is 9.05 Å². The summed E-state index contributed by atoms with van der Waals surface area (Å²) in [7, 11) is -3.24. The molecule has 84 valence electrons. The fourth-order valence-electron chi connectivity index (χ4n) is 0.870. The molecule has 0 saturated carbocycles. The molecule has 0 N–H and O–H groups in total. The first-order chi connectivity index (χ1) is 6.51. The molecule has 0 atom stereocenters. The largest absolute Gasteiger partial charge is 0.372 e. The molecule has 5 heteroatoms. The van der Waals surface area contributed by atoms with Gasteiger partial charge in [-0.1, -0.05) is 18.5 Å². The van der Waals surface area contributed by atoms with Gasteiger partial charge >= 0.3 is 7.60 Å². The van der Waals surface area contributed by atoms with Crippen molar-refractivity contribution in [3.8, 4) is 0 Å². The highest BCUT2D eigenvalue weighted by atomic mass is 35.5. The first-order valence-corrected chi connectivity index (χ1v) is 6.68. The van der Waals surface area contributed by atoms with Crippen molar-refractivity contribution in [1.29, 1.82) is 0 Å². The lowest BCUT2D eigenvalue weighted by molar-refractivity contribution is 0.227. The molecule has 0 spiro atoms. The number of hydrogen-bond donors (Lipinski definition) is 0. The highest BCUT2D eigenvalue weighted by Gasteiger charge is 2.29. The second-order valence-corrected chi connectivity index (χ2v) is 5.36. The number of halogens is 1. The molecule has 0 rings (SSSR count). The summed E-state index contributed by atoms with van der Waals surface area (Å²) in [5.41, 5.74) is 0.844. The van der Waals surface area contributed by atoms with Crippen molar-refractivity contribution in [1.82, 2.24) is 0 Å². The van der Waals surface area contributed by atoms with Crippen molar-refractivity contribution >= 4 is 19.2 Å². The summed E-state index contributed by atoms with van der Waals surface area (Å²) in [5, 5.41) is 0. The van der Waals surface area contributed by atoms with Gasteiger partial charge in [-0.05, 0) is 32.8 Å². The molecular weight excluding hydrogens is 223 g/mol. The maximum absolute atomic E-state index is 12.1. The van der Waals surface area contributed by atoms with Crippen molar-refractivity contribution < 1.29 is 13.6 Å². The van der Waals surface area contributed by atoms with Crippen LogP contribution in [0.1, 0.15) is 34.1 Å². The molecule has 3 nitrogen and oxygen atoms in total. The summed E-state index contributed by atoms with van der Waals surface area (Å²) in [6, 6.07) is 0. The molecule has 0 aromatic rings. The van der Waals surface area contributed by atoms with Crippen molar-refractivity contribution in [2.75, 3.05) is 13.2 Å². The summed E-state index contributed by atoms with van der Waals surface area (Å²) >= 11 is 5.96. The maximum Gasteiger partial charge on any atom is 0.372 e. The molecule has 0 aromatic heterocycles. The zero-order valence-electron chi connectivity index (χ0n) is 9.17. The molecule has 0 bridgehead atoms. The molecule has 0 amide bonds. The Labute approximate surface area is 91.0 Å². The SMILES string of the molecule is CCOP(=O)(OCC)/C(Cl)=C(\C)CC. The van der Waals surface area contributed by atoms with Crippen molar-refractivity contribution in [2.45, 2.75) is 34.1 Å². The fourth-order valence-corrected chi connectivity index (χ4v) is 2.90. The second kappa shape index (κ2) is 6.62. The van der Waals surface area contributed by atoms with E-state index in [1.165, 1.54) is 0 Å². The van der Waals surface area contributed by atoms with Crippen LogP contribution in [-0.2, 0) is 13.6 Å². The van der Waals surface area contributed by atoms with Crippen LogP contribution in [0.3, 0.4) is 0 Å². The summed E-state index contributed by atoms with van der Waals surface area (Å²) in [6.45, 7) is 7.94. The van der Waals surface area contributed by atoms with E-state index in [4.69, 9.17) is 20.6 Å². The van der Waals surface area contributed by atoms with E-state index in [9.17, 15) is 4.57 Å². The van der Waals surface area contributed by atoms with E-state index < -0.39 is 7.60 Å². The van der Waals surface area contributed by atoms with E-state index in [0.29, 0.717) is 13.2 Å². The highest BCUT2D eigenvalue weighted by Crippen LogP contribution is 2.59. The van der Waals surface area contributed by atoms with E-state index in [2.05, 4.69) is 0 Å². The Balaban J connectivity index is 4.91. The summed E-state index contributed by atoms with van der Waals surface area (Å²) in [6.07, 6.45) is 0.739. The van der Waals surface area contributed by atoms with E-state index in [1.54, 1.807) is 13.8 Å². The first-order valence-electron chi connectivity index (χ1n) is 4.76. The Bertz CT molecular complexity index is 240. The van der Waals surface area contributed by atoms with Crippen molar-refractivity contribution in [2.24, 2.45) is 0 Å². The van der Waals surface area contributed by atoms with Gasteiger partial charge in [0.1, 0.15) is 4.77 Å². The van der Waals surface area contributed by atoms with Gasteiger partial charge in [-0.2, -0.15) is 0 Å². The number of allylic oxidation sites excluding steroid dienone is 1. The molecule has 0 fully saturated rings. The van der Waals surface area contributed by atoms with E-state index in [-0.39, 0.29) is 4.77 Å².